The van der Waals surface area contributed by atoms with Gasteiger partial charge in [-0.25, -0.2) is 0 Å². The Morgan fingerprint density at radius 3 is 2.17 bits per heavy atom. The molecule has 1 saturated heterocycles. The maximum atomic E-state index is 12.7. The highest BCUT2D eigenvalue weighted by Crippen LogP contribution is 2.59. The van der Waals surface area contributed by atoms with Gasteiger partial charge in [-0.05, 0) is 37.3 Å². The molecular formula is C20H20Cl2N2O5. The van der Waals surface area contributed by atoms with E-state index >= 15 is 0 Å². The van der Waals surface area contributed by atoms with E-state index in [2.05, 4.69) is 5.32 Å². The molecule has 0 radical (unpaired) electrons. The van der Waals surface area contributed by atoms with E-state index < -0.39 is 48.7 Å². The molecule has 2 aliphatic carbocycles. The zero-order valence-electron chi connectivity index (χ0n) is 15.6. The number of hydrogen-bond donors (Lipinski definition) is 1. The van der Waals surface area contributed by atoms with E-state index in [-0.39, 0.29) is 22.6 Å². The number of anilines is 1. The van der Waals surface area contributed by atoms with Gasteiger partial charge in [0.25, 0.3) is 5.91 Å². The van der Waals surface area contributed by atoms with Crippen LogP contribution in [0.4, 0.5) is 5.69 Å². The fourth-order valence-corrected chi connectivity index (χ4v) is 5.61. The van der Waals surface area contributed by atoms with Crippen LogP contribution in [0.5, 0.6) is 0 Å². The van der Waals surface area contributed by atoms with Crippen molar-refractivity contribution in [3.05, 3.63) is 29.8 Å². The van der Waals surface area contributed by atoms with Gasteiger partial charge in [0.05, 0.1) is 22.6 Å². The molecule has 0 aromatic heterocycles. The molecule has 29 heavy (non-hydrogen) atoms. The van der Waals surface area contributed by atoms with Crippen LogP contribution in [0.25, 0.3) is 0 Å². The minimum Gasteiger partial charge on any atom is -0.454 e. The minimum atomic E-state index is -0.817. The Kier molecular flexibility index (Phi) is 5.29. The van der Waals surface area contributed by atoms with Crippen molar-refractivity contribution < 1.29 is 23.9 Å². The van der Waals surface area contributed by atoms with Gasteiger partial charge in [-0.15, -0.1) is 23.2 Å². The van der Waals surface area contributed by atoms with Gasteiger partial charge in [-0.1, -0.05) is 17.7 Å². The number of nitrogens with one attached hydrogen (secondary N) is 1. The number of alkyl halides is 2. The number of halogens is 2. The average molecular weight is 439 g/mol. The molecule has 9 heteroatoms. The summed E-state index contributed by atoms with van der Waals surface area (Å²) in [5.74, 6) is -3.44. The normalized spacial score (nSPS) is 32.4. The highest BCUT2D eigenvalue weighted by molar-refractivity contribution is 6.31. The molecule has 6 atom stereocenters. The number of hydrogen-bond acceptors (Lipinski definition) is 5. The van der Waals surface area contributed by atoms with E-state index in [0.29, 0.717) is 12.1 Å². The first kappa shape index (κ1) is 20.2. The van der Waals surface area contributed by atoms with Gasteiger partial charge < -0.3 is 10.1 Å². The predicted molar refractivity (Wildman–Crippen MR) is 105 cm³/mol. The molecule has 3 amide bonds. The summed E-state index contributed by atoms with van der Waals surface area (Å²) < 4.78 is 4.94. The molecule has 1 aliphatic heterocycles. The van der Waals surface area contributed by atoms with Gasteiger partial charge in [-0.2, -0.15) is 0 Å². The van der Waals surface area contributed by atoms with Crippen LogP contribution in [0, 0.1) is 30.6 Å². The van der Waals surface area contributed by atoms with E-state index in [1.165, 1.54) is 0 Å². The van der Waals surface area contributed by atoms with Crippen molar-refractivity contribution in [3.63, 3.8) is 0 Å². The number of esters is 1. The summed E-state index contributed by atoms with van der Waals surface area (Å²) in [6.45, 7) is 0.908. The standard InChI is InChI=1S/C20H20Cl2N2O5/c1-9-2-4-10(5-3-9)23-13(25)8-29-14(26)7-24-19(27)15-11-6-12(16(15)20(24)28)18(22)17(11)21/h2-5,11-12,15-18H,6-8H2,1H3,(H,23,25)/t11-,12-,15-,16+,17+,18+/m1/s1. The molecule has 1 heterocycles. The first-order valence-electron chi connectivity index (χ1n) is 9.43. The van der Waals surface area contributed by atoms with Crippen molar-refractivity contribution in [3.8, 4) is 0 Å². The summed E-state index contributed by atoms with van der Waals surface area (Å²) in [5, 5.41) is 1.90. The zero-order valence-corrected chi connectivity index (χ0v) is 17.2. The number of fused-ring (bicyclic) bond motifs is 5. The Labute approximate surface area is 177 Å². The molecule has 3 aliphatic rings. The zero-order chi connectivity index (χ0) is 20.9. The number of nitrogens with zero attached hydrogens (tertiary/aromatic N) is 1. The van der Waals surface area contributed by atoms with Crippen molar-refractivity contribution in [2.75, 3.05) is 18.5 Å². The smallest absolute Gasteiger partial charge is 0.326 e. The maximum Gasteiger partial charge on any atom is 0.326 e. The van der Waals surface area contributed by atoms with Crippen LogP contribution in [0.15, 0.2) is 24.3 Å². The van der Waals surface area contributed by atoms with Crippen molar-refractivity contribution in [1.82, 2.24) is 4.90 Å². The van der Waals surface area contributed by atoms with E-state index in [9.17, 15) is 19.2 Å². The second-order valence-electron chi connectivity index (χ2n) is 7.84. The summed E-state index contributed by atoms with van der Waals surface area (Å²) >= 11 is 12.6. The van der Waals surface area contributed by atoms with Crippen LogP contribution in [-0.4, -0.2) is 52.5 Å². The molecule has 0 unspecified atom stereocenters. The van der Waals surface area contributed by atoms with Crippen LogP contribution in [0.3, 0.4) is 0 Å². The fourth-order valence-electron chi connectivity index (χ4n) is 4.72. The van der Waals surface area contributed by atoms with Gasteiger partial charge in [0.1, 0.15) is 6.54 Å². The summed E-state index contributed by atoms with van der Waals surface area (Å²) in [5.41, 5.74) is 1.63. The number of aryl methyl sites for hydroxylation is 1. The Bertz CT molecular complexity index is 842. The quantitative estimate of drug-likeness (QED) is 0.430. The molecule has 4 rings (SSSR count). The van der Waals surface area contributed by atoms with Gasteiger partial charge in [0.15, 0.2) is 6.61 Å². The Morgan fingerprint density at radius 2 is 1.62 bits per heavy atom. The molecule has 2 bridgehead atoms. The third-order valence-corrected chi connectivity index (χ3v) is 7.38. The van der Waals surface area contributed by atoms with Gasteiger partial charge >= 0.3 is 5.97 Å². The Balaban J connectivity index is 1.31. The highest BCUT2D eigenvalue weighted by Gasteiger charge is 2.66. The maximum absolute atomic E-state index is 12.7. The lowest BCUT2D eigenvalue weighted by atomic mass is 9.80. The number of ether oxygens (including phenoxy) is 1. The second kappa shape index (κ2) is 7.61. The van der Waals surface area contributed by atoms with Crippen LogP contribution >= 0.6 is 23.2 Å². The summed E-state index contributed by atoms with van der Waals surface area (Å²) in [7, 11) is 0. The van der Waals surface area contributed by atoms with E-state index in [0.717, 1.165) is 10.5 Å². The third-order valence-electron chi connectivity index (χ3n) is 6.07. The molecule has 1 aromatic carbocycles. The largest absolute Gasteiger partial charge is 0.454 e. The van der Waals surface area contributed by atoms with Crippen molar-refractivity contribution in [2.24, 2.45) is 23.7 Å². The lowest BCUT2D eigenvalue weighted by Gasteiger charge is -2.28. The first-order valence-corrected chi connectivity index (χ1v) is 10.3. The summed E-state index contributed by atoms with van der Waals surface area (Å²) in [4.78, 5) is 50.4. The van der Waals surface area contributed by atoms with Crippen LogP contribution in [-0.2, 0) is 23.9 Å². The van der Waals surface area contributed by atoms with Crippen LogP contribution in [0.2, 0.25) is 0 Å². The molecule has 0 spiro atoms. The predicted octanol–water partition coefficient (Wildman–Crippen LogP) is 1.94. The summed E-state index contributed by atoms with van der Waals surface area (Å²) in [6, 6.07) is 7.15. The van der Waals surface area contributed by atoms with Gasteiger partial charge in [0, 0.05) is 5.69 Å². The highest BCUT2D eigenvalue weighted by atomic mass is 35.5. The van der Waals surface area contributed by atoms with Crippen LogP contribution in [0.1, 0.15) is 12.0 Å². The van der Waals surface area contributed by atoms with Crippen molar-refractivity contribution in [1.29, 1.82) is 0 Å². The lowest BCUT2D eigenvalue weighted by Crippen LogP contribution is -2.38. The van der Waals surface area contributed by atoms with Crippen molar-refractivity contribution in [2.45, 2.75) is 24.1 Å². The molecule has 154 valence electrons. The number of amides is 3. The van der Waals surface area contributed by atoms with E-state index in [4.69, 9.17) is 27.9 Å². The Hall–Kier alpha value is -2.12. The molecule has 1 N–H and O–H groups in total. The Morgan fingerprint density at radius 1 is 1.07 bits per heavy atom. The number of benzene rings is 1. The second-order valence-corrected chi connectivity index (χ2v) is 8.85. The molecule has 3 fully saturated rings. The van der Waals surface area contributed by atoms with Gasteiger partial charge in [-0.3, -0.25) is 24.1 Å². The summed E-state index contributed by atoms with van der Waals surface area (Å²) in [6.07, 6.45) is 0.659. The third kappa shape index (κ3) is 3.51. The number of imide groups is 1. The fraction of sp³-hybridized carbons (Fsp3) is 0.500. The molecule has 7 nitrogen and oxygen atoms in total. The number of carbonyl (C=O) groups excluding carboxylic acids is 4. The molecule has 1 aromatic rings. The monoisotopic (exact) mass is 438 g/mol. The number of rotatable bonds is 5. The number of carbonyl (C=O) groups is 4. The first-order chi connectivity index (χ1) is 13.8. The lowest BCUT2D eigenvalue weighted by molar-refractivity contribution is -0.154. The van der Waals surface area contributed by atoms with E-state index in [1.807, 2.05) is 19.1 Å². The SMILES string of the molecule is Cc1ccc(NC(=O)COC(=O)CN2C(=O)[C@@H]3[C@H]4C[C@@H]([C@H](Cl)[C@H]4Cl)[C@@H]3C2=O)cc1. The van der Waals surface area contributed by atoms with Gasteiger partial charge in [0.2, 0.25) is 11.8 Å². The minimum absolute atomic E-state index is 0.146. The van der Waals surface area contributed by atoms with Crippen LogP contribution < -0.4 is 5.32 Å². The van der Waals surface area contributed by atoms with Crippen molar-refractivity contribution >= 4 is 52.6 Å². The average Bonchev–Trinajstić information content (AvgIpc) is 3.29. The topological polar surface area (TPSA) is 92.8 Å². The van der Waals surface area contributed by atoms with E-state index in [1.54, 1.807) is 12.1 Å². The number of likely N-dealkylation sites (tertiary alicyclic amines) is 1. The molecular weight excluding hydrogens is 419 g/mol. The molecule has 2 saturated carbocycles.